The van der Waals surface area contributed by atoms with Crippen LogP contribution in [0.4, 0.5) is 5.69 Å². The Bertz CT molecular complexity index is 1270. The molecule has 4 rings (SSSR count). The van der Waals surface area contributed by atoms with Gasteiger partial charge in [-0.05, 0) is 79.3 Å². The van der Waals surface area contributed by atoms with Gasteiger partial charge in [-0.1, -0.05) is 29.3 Å². The number of aromatic nitrogens is 1. The molecule has 0 saturated carbocycles. The number of anilines is 1. The second-order valence-corrected chi connectivity index (χ2v) is 7.85. The molecule has 1 amide bonds. The van der Waals surface area contributed by atoms with E-state index in [2.05, 4.69) is 15.6 Å². The number of fused-ring (bicyclic) bond motifs is 1. The number of oxazole rings is 1. The van der Waals surface area contributed by atoms with Crippen molar-refractivity contribution < 1.29 is 9.21 Å². The SMILES string of the molecule is Cc1ccc2oc(-c3ccc(NC(=S)NC(=O)c4ccc(Cl)cc4Cl)cc3)nc2c1. The Kier molecular flexibility index (Phi) is 5.72. The summed E-state index contributed by atoms with van der Waals surface area (Å²) >= 11 is 17.1. The van der Waals surface area contributed by atoms with Crippen molar-refractivity contribution in [1.29, 1.82) is 0 Å². The van der Waals surface area contributed by atoms with Crippen LogP contribution in [0, 0.1) is 6.92 Å². The topological polar surface area (TPSA) is 67.2 Å². The standard InChI is InChI=1S/C22H15Cl2N3O2S/c1-12-2-9-19-18(10-12)26-21(29-19)13-3-6-15(7-4-13)25-22(30)27-20(28)16-8-5-14(23)11-17(16)24/h2-11H,1H3,(H2,25,27,28,30). The summed E-state index contributed by atoms with van der Waals surface area (Å²) in [5, 5.41) is 6.41. The minimum Gasteiger partial charge on any atom is -0.436 e. The second-order valence-electron chi connectivity index (χ2n) is 6.60. The van der Waals surface area contributed by atoms with Gasteiger partial charge in [0.25, 0.3) is 5.91 Å². The van der Waals surface area contributed by atoms with Gasteiger partial charge in [-0.25, -0.2) is 4.98 Å². The number of carbonyl (C=O) groups excluding carboxylic acids is 1. The van der Waals surface area contributed by atoms with Gasteiger partial charge in [0, 0.05) is 16.3 Å². The molecule has 150 valence electrons. The molecule has 1 aromatic heterocycles. The number of carbonyl (C=O) groups is 1. The van der Waals surface area contributed by atoms with Gasteiger partial charge < -0.3 is 9.73 Å². The lowest BCUT2D eigenvalue weighted by Gasteiger charge is -2.10. The molecule has 3 aromatic carbocycles. The van der Waals surface area contributed by atoms with E-state index in [1.165, 1.54) is 6.07 Å². The zero-order valence-electron chi connectivity index (χ0n) is 15.7. The smallest absolute Gasteiger partial charge is 0.258 e. The van der Waals surface area contributed by atoms with Gasteiger partial charge in [-0.2, -0.15) is 0 Å². The van der Waals surface area contributed by atoms with Crippen molar-refractivity contribution in [3.63, 3.8) is 0 Å². The van der Waals surface area contributed by atoms with Gasteiger partial charge >= 0.3 is 0 Å². The van der Waals surface area contributed by atoms with Gasteiger partial charge in [0.05, 0.1) is 10.6 Å². The van der Waals surface area contributed by atoms with E-state index in [1.807, 2.05) is 49.4 Å². The molecule has 4 aromatic rings. The summed E-state index contributed by atoms with van der Waals surface area (Å²) < 4.78 is 5.82. The fraction of sp³-hybridized carbons (Fsp3) is 0.0455. The maximum absolute atomic E-state index is 12.3. The minimum atomic E-state index is -0.424. The summed E-state index contributed by atoms with van der Waals surface area (Å²) in [6.45, 7) is 2.01. The molecule has 30 heavy (non-hydrogen) atoms. The first-order valence-electron chi connectivity index (χ1n) is 8.94. The number of hydrogen-bond donors (Lipinski definition) is 2. The predicted octanol–water partition coefficient (Wildman–Crippen LogP) is 6.24. The lowest BCUT2D eigenvalue weighted by molar-refractivity contribution is 0.0978. The Balaban J connectivity index is 1.43. The Morgan fingerprint density at radius 1 is 1.03 bits per heavy atom. The number of rotatable bonds is 3. The van der Waals surface area contributed by atoms with Crippen LogP contribution in [0.5, 0.6) is 0 Å². The molecule has 0 aliphatic carbocycles. The second kappa shape index (κ2) is 8.44. The third kappa shape index (κ3) is 4.46. The van der Waals surface area contributed by atoms with E-state index in [4.69, 9.17) is 39.8 Å². The molecule has 0 saturated heterocycles. The van der Waals surface area contributed by atoms with Gasteiger partial charge in [0.15, 0.2) is 10.7 Å². The molecule has 0 radical (unpaired) electrons. The van der Waals surface area contributed by atoms with Crippen molar-refractivity contribution in [2.45, 2.75) is 6.92 Å². The zero-order valence-corrected chi connectivity index (χ0v) is 18.0. The highest BCUT2D eigenvalue weighted by molar-refractivity contribution is 7.80. The van der Waals surface area contributed by atoms with E-state index in [1.54, 1.807) is 12.1 Å². The highest BCUT2D eigenvalue weighted by Crippen LogP contribution is 2.26. The molecular weight excluding hydrogens is 441 g/mol. The Morgan fingerprint density at radius 2 is 1.80 bits per heavy atom. The van der Waals surface area contributed by atoms with Crippen LogP contribution < -0.4 is 10.6 Å². The van der Waals surface area contributed by atoms with Gasteiger partial charge in [0.2, 0.25) is 5.89 Å². The molecule has 0 bridgehead atoms. The van der Waals surface area contributed by atoms with E-state index >= 15 is 0 Å². The Morgan fingerprint density at radius 3 is 2.53 bits per heavy atom. The summed E-state index contributed by atoms with van der Waals surface area (Å²) in [7, 11) is 0. The number of aryl methyl sites for hydroxylation is 1. The lowest BCUT2D eigenvalue weighted by atomic mass is 10.2. The first kappa shape index (κ1) is 20.3. The van der Waals surface area contributed by atoms with Crippen molar-refractivity contribution in [3.8, 4) is 11.5 Å². The summed E-state index contributed by atoms with van der Waals surface area (Å²) in [6.07, 6.45) is 0. The van der Waals surface area contributed by atoms with E-state index in [-0.39, 0.29) is 15.7 Å². The molecule has 8 heteroatoms. The van der Waals surface area contributed by atoms with Crippen molar-refractivity contribution in [2.75, 3.05) is 5.32 Å². The van der Waals surface area contributed by atoms with E-state index < -0.39 is 5.91 Å². The number of thiocarbonyl (C=S) groups is 1. The van der Waals surface area contributed by atoms with Gasteiger partial charge in [-0.3, -0.25) is 10.1 Å². The van der Waals surface area contributed by atoms with Crippen LogP contribution in [0.2, 0.25) is 10.0 Å². The van der Waals surface area contributed by atoms with Crippen molar-refractivity contribution in [3.05, 3.63) is 81.8 Å². The maximum atomic E-state index is 12.3. The van der Waals surface area contributed by atoms with Crippen LogP contribution >= 0.6 is 35.4 Å². The van der Waals surface area contributed by atoms with Crippen LogP contribution in [0.15, 0.2) is 65.1 Å². The van der Waals surface area contributed by atoms with Crippen LogP contribution in [-0.2, 0) is 0 Å². The lowest BCUT2D eigenvalue weighted by Crippen LogP contribution is -2.34. The average molecular weight is 456 g/mol. The summed E-state index contributed by atoms with van der Waals surface area (Å²) in [4.78, 5) is 16.9. The molecule has 0 aliphatic heterocycles. The molecule has 0 aliphatic rings. The summed E-state index contributed by atoms with van der Waals surface area (Å²) in [5.74, 6) is 0.114. The Labute approximate surface area is 188 Å². The van der Waals surface area contributed by atoms with Crippen molar-refractivity contribution in [2.24, 2.45) is 0 Å². The predicted molar refractivity (Wildman–Crippen MR) is 124 cm³/mol. The summed E-state index contributed by atoms with van der Waals surface area (Å²) in [5.41, 5.74) is 4.50. The number of hydrogen-bond acceptors (Lipinski definition) is 4. The van der Waals surface area contributed by atoms with Crippen LogP contribution in [0.25, 0.3) is 22.6 Å². The van der Waals surface area contributed by atoms with E-state index in [9.17, 15) is 4.79 Å². The van der Waals surface area contributed by atoms with Gasteiger partial charge in [0.1, 0.15) is 5.52 Å². The Hall–Kier alpha value is -2.93. The van der Waals surface area contributed by atoms with Crippen LogP contribution in [0.3, 0.4) is 0 Å². The number of nitrogens with zero attached hydrogens (tertiary/aromatic N) is 1. The van der Waals surface area contributed by atoms with Gasteiger partial charge in [-0.15, -0.1) is 0 Å². The first-order valence-corrected chi connectivity index (χ1v) is 10.1. The third-order valence-electron chi connectivity index (χ3n) is 4.34. The number of amides is 1. The highest BCUT2D eigenvalue weighted by Gasteiger charge is 2.13. The van der Waals surface area contributed by atoms with Crippen molar-refractivity contribution in [1.82, 2.24) is 10.3 Å². The number of halogens is 2. The normalized spacial score (nSPS) is 10.8. The molecular formula is C22H15Cl2N3O2S. The number of nitrogens with one attached hydrogen (secondary N) is 2. The minimum absolute atomic E-state index is 0.149. The fourth-order valence-corrected chi connectivity index (χ4v) is 3.57. The van der Waals surface area contributed by atoms with E-state index in [0.717, 1.165) is 22.2 Å². The van der Waals surface area contributed by atoms with Crippen LogP contribution in [-0.4, -0.2) is 16.0 Å². The average Bonchev–Trinajstić information content (AvgIpc) is 3.11. The molecule has 1 heterocycles. The largest absolute Gasteiger partial charge is 0.436 e. The first-order chi connectivity index (χ1) is 14.4. The van der Waals surface area contributed by atoms with E-state index in [0.29, 0.717) is 16.6 Å². The zero-order chi connectivity index (χ0) is 21.3. The number of benzene rings is 3. The molecule has 0 spiro atoms. The molecule has 5 nitrogen and oxygen atoms in total. The fourth-order valence-electron chi connectivity index (χ4n) is 2.86. The maximum Gasteiger partial charge on any atom is 0.258 e. The quantitative estimate of drug-likeness (QED) is 0.358. The van der Waals surface area contributed by atoms with Crippen LogP contribution in [0.1, 0.15) is 15.9 Å². The molecule has 0 unspecified atom stereocenters. The third-order valence-corrected chi connectivity index (χ3v) is 5.09. The highest BCUT2D eigenvalue weighted by atomic mass is 35.5. The summed E-state index contributed by atoms with van der Waals surface area (Å²) in [6, 6.07) is 17.9. The molecule has 0 fully saturated rings. The van der Waals surface area contributed by atoms with Crippen molar-refractivity contribution >= 4 is 63.2 Å². The molecule has 2 N–H and O–H groups in total. The molecule has 0 atom stereocenters. The monoisotopic (exact) mass is 455 g/mol.